The van der Waals surface area contributed by atoms with E-state index in [1.54, 1.807) is 0 Å². The number of halogens is 2. The maximum Gasteiger partial charge on any atom is 0.160 e. The van der Waals surface area contributed by atoms with Crippen LogP contribution in [0.3, 0.4) is 0 Å². The number of fused-ring (bicyclic) bond motifs is 1. The molecule has 0 bridgehead atoms. The minimum absolute atomic E-state index is 0.111. The van der Waals surface area contributed by atoms with E-state index >= 15 is 0 Å². The van der Waals surface area contributed by atoms with Crippen LogP contribution in [0.4, 0.5) is 14.5 Å². The summed E-state index contributed by atoms with van der Waals surface area (Å²) in [6.45, 7) is 4.02. The van der Waals surface area contributed by atoms with Crippen molar-refractivity contribution in [1.82, 2.24) is 9.55 Å². The van der Waals surface area contributed by atoms with Crippen molar-refractivity contribution in [3.05, 3.63) is 48.0 Å². The van der Waals surface area contributed by atoms with E-state index in [1.165, 1.54) is 0 Å². The van der Waals surface area contributed by atoms with Gasteiger partial charge < -0.3 is 10.3 Å². The second kappa shape index (κ2) is 4.84. The Morgan fingerprint density at radius 3 is 2.48 bits per heavy atom. The number of hydrogen-bond acceptors (Lipinski definition) is 2. The Balaban J connectivity index is 2.35. The van der Waals surface area contributed by atoms with Crippen LogP contribution in [0.5, 0.6) is 0 Å². The number of rotatable bonds is 2. The lowest BCUT2D eigenvalue weighted by Crippen LogP contribution is -2.05. The van der Waals surface area contributed by atoms with Crippen LogP contribution in [0, 0.1) is 11.6 Å². The van der Waals surface area contributed by atoms with Gasteiger partial charge in [0.1, 0.15) is 5.82 Å². The number of anilines is 1. The molecule has 21 heavy (non-hydrogen) atoms. The van der Waals surface area contributed by atoms with Crippen molar-refractivity contribution >= 4 is 16.7 Å². The molecule has 0 aliphatic carbocycles. The summed E-state index contributed by atoms with van der Waals surface area (Å²) >= 11 is 0. The number of nitrogen functional groups attached to an aromatic ring is 1. The second-order valence-electron chi connectivity index (χ2n) is 5.24. The summed E-state index contributed by atoms with van der Waals surface area (Å²) in [6, 6.07) is 9.84. The smallest absolute Gasteiger partial charge is 0.160 e. The number of hydrogen-bond donors (Lipinski definition) is 1. The summed E-state index contributed by atoms with van der Waals surface area (Å²) in [5.41, 5.74) is 8.16. The molecule has 1 aromatic heterocycles. The normalized spacial score (nSPS) is 11.5. The average Bonchev–Trinajstić information content (AvgIpc) is 2.82. The Labute approximate surface area is 121 Å². The minimum Gasteiger partial charge on any atom is -0.398 e. The van der Waals surface area contributed by atoms with E-state index in [2.05, 4.69) is 4.98 Å². The van der Waals surface area contributed by atoms with E-state index < -0.39 is 11.6 Å². The highest BCUT2D eigenvalue weighted by Crippen LogP contribution is 2.32. The lowest BCUT2D eigenvalue weighted by atomic mass is 10.1. The van der Waals surface area contributed by atoms with Gasteiger partial charge in [0.15, 0.2) is 11.6 Å². The fraction of sp³-hybridized carbons (Fsp3) is 0.188. The van der Waals surface area contributed by atoms with Crippen LogP contribution in [0.15, 0.2) is 36.4 Å². The predicted octanol–water partition coefficient (Wildman–Crippen LogP) is 4.14. The van der Waals surface area contributed by atoms with Crippen LogP contribution in [0.1, 0.15) is 19.9 Å². The maximum atomic E-state index is 13.6. The van der Waals surface area contributed by atoms with Crippen molar-refractivity contribution in [2.75, 3.05) is 5.73 Å². The first-order valence-corrected chi connectivity index (χ1v) is 6.71. The molecule has 108 valence electrons. The van der Waals surface area contributed by atoms with Crippen LogP contribution in [0.25, 0.3) is 22.4 Å². The molecule has 5 heteroatoms. The third-order valence-corrected chi connectivity index (χ3v) is 3.45. The lowest BCUT2D eigenvalue weighted by molar-refractivity contribution is 0.509. The van der Waals surface area contributed by atoms with Gasteiger partial charge in [-0.3, -0.25) is 0 Å². The Morgan fingerprint density at radius 2 is 1.76 bits per heavy atom. The standard InChI is InChI=1S/C16H15F2N3/c1-9(2)21-15-6-4-3-5-14(15)20-16(21)10-7-11(17)12(18)8-13(10)19/h3-9H,19H2,1-2H3. The van der Waals surface area contributed by atoms with Crippen LogP contribution in [-0.2, 0) is 0 Å². The molecular formula is C16H15F2N3. The Hall–Kier alpha value is -2.43. The van der Waals surface area contributed by atoms with Crippen molar-refractivity contribution in [1.29, 1.82) is 0 Å². The molecule has 3 rings (SSSR count). The Morgan fingerprint density at radius 1 is 1.10 bits per heavy atom. The third-order valence-electron chi connectivity index (χ3n) is 3.45. The fourth-order valence-electron chi connectivity index (χ4n) is 2.51. The van der Waals surface area contributed by atoms with E-state index in [4.69, 9.17) is 5.73 Å². The first-order valence-electron chi connectivity index (χ1n) is 6.71. The zero-order valence-electron chi connectivity index (χ0n) is 11.8. The highest BCUT2D eigenvalue weighted by Gasteiger charge is 2.18. The topological polar surface area (TPSA) is 43.8 Å². The van der Waals surface area contributed by atoms with Crippen molar-refractivity contribution in [3.63, 3.8) is 0 Å². The van der Waals surface area contributed by atoms with Gasteiger partial charge in [-0.1, -0.05) is 12.1 Å². The second-order valence-corrected chi connectivity index (χ2v) is 5.24. The van der Waals surface area contributed by atoms with E-state index in [1.807, 2.05) is 42.7 Å². The van der Waals surface area contributed by atoms with Gasteiger partial charge in [0.05, 0.1) is 11.0 Å². The molecule has 0 spiro atoms. The molecular weight excluding hydrogens is 272 g/mol. The van der Waals surface area contributed by atoms with Gasteiger partial charge in [-0.2, -0.15) is 0 Å². The maximum absolute atomic E-state index is 13.6. The van der Waals surface area contributed by atoms with Gasteiger partial charge >= 0.3 is 0 Å². The minimum atomic E-state index is -0.955. The van der Waals surface area contributed by atoms with Gasteiger partial charge in [-0.15, -0.1) is 0 Å². The SMILES string of the molecule is CC(C)n1c(-c2cc(F)c(F)cc2N)nc2ccccc21. The van der Waals surface area contributed by atoms with Crippen LogP contribution in [0.2, 0.25) is 0 Å². The van der Waals surface area contributed by atoms with Crippen molar-refractivity contribution in [3.8, 4) is 11.4 Å². The quantitative estimate of drug-likeness (QED) is 0.720. The van der Waals surface area contributed by atoms with Gasteiger partial charge in [-0.05, 0) is 32.0 Å². The molecule has 0 saturated heterocycles. The molecule has 0 saturated carbocycles. The molecule has 0 aliphatic heterocycles. The van der Waals surface area contributed by atoms with Crippen molar-refractivity contribution < 1.29 is 8.78 Å². The van der Waals surface area contributed by atoms with E-state index in [-0.39, 0.29) is 11.7 Å². The Bertz CT molecular complexity index is 822. The van der Waals surface area contributed by atoms with Gasteiger partial charge in [0.2, 0.25) is 0 Å². The van der Waals surface area contributed by atoms with Crippen LogP contribution < -0.4 is 5.73 Å². The number of nitrogens with zero attached hydrogens (tertiary/aromatic N) is 2. The van der Waals surface area contributed by atoms with Gasteiger partial charge in [0, 0.05) is 23.4 Å². The van der Waals surface area contributed by atoms with Crippen LogP contribution in [-0.4, -0.2) is 9.55 Å². The fourth-order valence-corrected chi connectivity index (χ4v) is 2.51. The molecule has 3 nitrogen and oxygen atoms in total. The zero-order chi connectivity index (χ0) is 15.1. The zero-order valence-corrected chi connectivity index (χ0v) is 11.8. The number of para-hydroxylation sites is 2. The van der Waals surface area contributed by atoms with Crippen LogP contribution >= 0.6 is 0 Å². The molecule has 0 fully saturated rings. The van der Waals surface area contributed by atoms with E-state index in [0.29, 0.717) is 11.4 Å². The largest absolute Gasteiger partial charge is 0.398 e. The van der Waals surface area contributed by atoms with Gasteiger partial charge in [-0.25, -0.2) is 13.8 Å². The number of benzene rings is 2. The first kappa shape index (κ1) is 13.5. The third kappa shape index (κ3) is 2.14. The lowest BCUT2D eigenvalue weighted by Gasteiger charge is -2.14. The van der Waals surface area contributed by atoms with E-state index in [9.17, 15) is 8.78 Å². The monoisotopic (exact) mass is 287 g/mol. The molecule has 0 atom stereocenters. The summed E-state index contributed by atoms with van der Waals surface area (Å²) in [6.07, 6.45) is 0. The highest BCUT2D eigenvalue weighted by atomic mass is 19.2. The average molecular weight is 287 g/mol. The summed E-state index contributed by atoms with van der Waals surface area (Å²) in [4.78, 5) is 4.53. The molecule has 2 N–H and O–H groups in total. The summed E-state index contributed by atoms with van der Waals surface area (Å²) in [7, 11) is 0. The molecule has 0 aliphatic rings. The van der Waals surface area contributed by atoms with Crippen molar-refractivity contribution in [2.45, 2.75) is 19.9 Å². The molecule has 2 aromatic carbocycles. The number of nitrogens with two attached hydrogens (primary N) is 1. The first-order chi connectivity index (χ1) is 9.99. The molecule has 3 aromatic rings. The Kier molecular flexibility index (Phi) is 3.12. The summed E-state index contributed by atoms with van der Waals surface area (Å²) in [5.74, 6) is -1.34. The molecule has 0 amide bonds. The number of imidazole rings is 1. The highest BCUT2D eigenvalue weighted by molar-refractivity contribution is 5.83. The summed E-state index contributed by atoms with van der Waals surface area (Å²) < 4.78 is 28.8. The predicted molar refractivity (Wildman–Crippen MR) is 79.9 cm³/mol. The number of aromatic nitrogens is 2. The van der Waals surface area contributed by atoms with E-state index in [0.717, 1.165) is 23.2 Å². The van der Waals surface area contributed by atoms with Crippen molar-refractivity contribution in [2.24, 2.45) is 0 Å². The molecule has 0 radical (unpaired) electrons. The summed E-state index contributed by atoms with van der Waals surface area (Å²) in [5, 5.41) is 0. The molecule has 1 heterocycles. The molecule has 0 unspecified atom stereocenters. The van der Waals surface area contributed by atoms with Gasteiger partial charge in [0.25, 0.3) is 0 Å².